The van der Waals surface area contributed by atoms with Crippen molar-refractivity contribution in [2.24, 2.45) is 10.7 Å². The number of nitrogens with two attached hydrogens (primary N) is 1. The molecule has 0 spiro atoms. The summed E-state index contributed by atoms with van der Waals surface area (Å²) in [5.74, 6) is 0.321. The maximum Gasteiger partial charge on any atom is 0.248 e. The summed E-state index contributed by atoms with van der Waals surface area (Å²) in [6, 6.07) is 7.23. The first-order chi connectivity index (χ1) is 12.0. The maximum atomic E-state index is 11.3. The van der Waals surface area contributed by atoms with E-state index in [9.17, 15) is 4.79 Å². The number of rotatable bonds is 7. The van der Waals surface area contributed by atoms with Gasteiger partial charge in [-0.15, -0.1) is 35.3 Å². The Kier molecular flexibility index (Phi) is 9.57. The second-order valence-corrected chi connectivity index (χ2v) is 6.97. The highest BCUT2D eigenvalue weighted by Crippen LogP contribution is 2.16. The van der Waals surface area contributed by atoms with Gasteiger partial charge < -0.3 is 16.4 Å². The van der Waals surface area contributed by atoms with E-state index < -0.39 is 5.91 Å². The highest BCUT2D eigenvalue weighted by Gasteiger charge is 2.05. The first kappa shape index (κ1) is 22.4. The molecule has 0 aliphatic carbocycles. The van der Waals surface area contributed by atoms with E-state index in [1.54, 1.807) is 23.5 Å². The number of carbonyl (C=O) groups is 1. The quantitative estimate of drug-likeness (QED) is 0.318. The van der Waals surface area contributed by atoms with Crippen molar-refractivity contribution in [3.05, 3.63) is 51.0 Å². The van der Waals surface area contributed by atoms with Gasteiger partial charge in [-0.1, -0.05) is 12.1 Å². The standard InChI is InChI=1S/C18H25N5OS.HI/c1-4-20-18(21-9-8-16-23-12(2)13(3)25-16)22-11-14-6-5-7-15(10-14)17(19)24;/h5-7,10H,4,8-9,11H2,1-3H3,(H2,19,24)(H2,20,21,22);1H. The Hall–Kier alpha value is -1.68. The van der Waals surface area contributed by atoms with Crippen LogP contribution >= 0.6 is 35.3 Å². The fraction of sp³-hybridized carbons (Fsp3) is 0.389. The summed E-state index contributed by atoms with van der Waals surface area (Å²) in [5.41, 5.74) is 7.87. The van der Waals surface area contributed by atoms with Crippen molar-refractivity contribution >= 4 is 47.2 Å². The molecule has 2 rings (SSSR count). The lowest BCUT2D eigenvalue weighted by molar-refractivity contribution is 0.1000. The van der Waals surface area contributed by atoms with Gasteiger partial charge in [0.1, 0.15) is 0 Å². The lowest BCUT2D eigenvalue weighted by Crippen LogP contribution is -2.38. The normalized spacial score (nSPS) is 11.0. The van der Waals surface area contributed by atoms with E-state index in [0.29, 0.717) is 12.1 Å². The van der Waals surface area contributed by atoms with Crippen LogP contribution in [0.5, 0.6) is 0 Å². The van der Waals surface area contributed by atoms with Crippen molar-refractivity contribution in [2.45, 2.75) is 33.7 Å². The Morgan fingerprint density at radius 1 is 1.31 bits per heavy atom. The van der Waals surface area contributed by atoms with Crippen molar-refractivity contribution in [3.8, 4) is 0 Å². The molecule has 0 saturated carbocycles. The molecule has 1 aromatic carbocycles. The third-order valence-corrected chi connectivity index (χ3v) is 4.81. The van der Waals surface area contributed by atoms with Crippen LogP contribution in [0, 0.1) is 13.8 Å². The number of nitrogens with one attached hydrogen (secondary N) is 2. The predicted molar refractivity (Wildman–Crippen MR) is 118 cm³/mol. The summed E-state index contributed by atoms with van der Waals surface area (Å²) in [5, 5.41) is 7.67. The molecule has 1 amide bonds. The van der Waals surface area contributed by atoms with Crippen LogP contribution in [-0.2, 0) is 13.0 Å². The van der Waals surface area contributed by atoms with Crippen LogP contribution in [0.1, 0.15) is 38.4 Å². The SMILES string of the molecule is CCNC(=NCc1cccc(C(N)=O)c1)NCCc1nc(C)c(C)s1.I. The van der Waals surface area contributed by atoms with Crippen LogP contribution < -0.4 is 16.4 Å². The predicted octanol–water partition coefficient (Wildman–Crippen LogP) is 2.77. The van der Waals surface area contributed by atoms with E-state index in [1.165, 1.54) is 4.88 Å². The van der Waals surface area contributed by atoms with E-state index in [-0.39, 0.29) is 24.0 Å². The second kappa shape index (κ2) is 11.1. The average Bonchev–Trinajstić information content (AvgIpc) is 2.91. The molecule has 142 valence electrons. The van der Waals surface area contributed by atoms with E-state index in [0.717, 1.165) is 41.7 Å². The minimum Gasteiger partial charge on any atom is -0.366 e. The summed E-state index contributed by atoms with van der Waals surface area (Å²) >= 11 is 1.74. The molecule has 0 saturated heterocycles. The number of benzene rings is 1. The Bertz CT molecular complexity index is 740. The highest BCUT2D eigenvalue weighted by atomic mass is 127. The van der Waals surface area contributed by atoms with Gasteiger partial charge in [-0.3, -0.25) is 4.79 Å². The minimum absolute atomic E-state index is 0. The fourth-order valence-corrected chi connectivity index (χ4v) is 3.20. The Balaban J connectivity index is 0.00000338. The molecule has 26 heavy (non-hydrogen) atoms. The number of thiazole rings is 1. The lowest BCUT2D eigenvalue weighted by Gasteiger charge is -2.10. The van der Waals surface area contributed by atoms with Gasteiger partial charge in [0.25, 0.3) is 0 Å². The Labute approximate surface area is 175 Å². The van der Waals surface area contributed by atoms with Crippen molar-refractivity contribution in [1.29, 1.82) is 0 Å². The third kappa shape index (κ3) is 6.91. The van der Waals surface area contributed by atoms with Crippen LogP contribution in [0.3, 0.4) is 0 Å². The van der Waals surface area contributed by atoms with Crippen LogP contribution in [0.4, 0.5) is 0 Å². The molecule has 1 heterocycles. The summed E-state index contributed by atoms with van der Waals surface area (Å²) in [6.07, 6.45) is 0.862. The fourth-order valence-electron chi connectivity index (χ4n) is 2.27. The molecule has 8 heteroatoms. The van der Waals surface area contributed by atoms with Crippen molar-refractivity contribution in [1.82, 2.24) is 15.6 Å². The molecule has 0 radical (unpaired) electrons. The second-order valence-electron chi connectivity index (χ2n) is 5.69. The average molecular weight is 487 g/mol. The first-order valence-corrected chi connectivity index (χ1v) is 9.15. The van der Waals surface area contributed by atoms with Gasteiger partial charge in [0.15, 0.2) is 5.96 Å². The number of aliphatic imine (C=N–C) groups is 1. The number of aryl methyl sites for hydroxylation is 2. The molecule has 0 fully saturated rings. The van der Waals surface area contributed by atoms with E-state index in [1.807, 2.05) is 26.0 Å². The number of aromatic nitrogens is 1. The zero-order valence-corrected chi connectivity index (χ0v) is 18.5. The molecule has 0 aliphatic heterocycles. The molecule has 1 aromatic heterocycles. The highest BCUT2D eigenvalue weighted by molar-refractivity contribution is 14.0. The Morgan fingerprint density at radius 3 is 2.69 bits per heavy atom. The van der Waals surface area contributed by atoms with Gasteiger partial charge in [0, 0.05) is 30.0 Å². The number of amides is 1. The van der Waals surface area contributed by atoms with Crippen molar-refractivity contribution in [3.63, 3.8) is 0 Å². The number of hydrogen-bond donors (Lipinski definition) is 3. The largest absolute Gasteiger partial charge is 0.366 e. The zero-order chi connectivity index (χ0) is 18.2. The number of halogens is 1. The molecule has 0 atom stereocenters. The van der Waals surface area contributed by atoms with Gasteiger partial charge >= 0.3 is 0 Å². The number of guanidine groups is 1. The van der Waals surface area contributed by atoms with Gasteiger partial charge in [-0.25, -0.2) is 9.98 Å². The first-order valence-electron chi connectivity index (χ1n) is 8.33. The number of primary amides is 1. The van der Waals surface area contributed by atoms with Crippen LogP contribution in [0.25, 0.3) is 0 Å². The van der Waals surface area contributed by atoms with Gasteiger partial charge in [-0.05, 0) is 38.5 Å². The molecular weight excluding hydrogens is 461 g/mol. The zero-order valence-electron chi connectivity index (χ0n) is 15.3. The van der Waals surface area contributed by atoms with Crippen LogP contribution in [0.15, 0.2) is 29.3 Å². The maximum absolute atomic E-state index is 11.3. The molecule has 2 aromatic rings. The number of hydrogen-bond acceptors (Lipinski definition) is 4. The molecule has 0 aliphatic rings. The third-order valence-electron chi connectivity index (χ3n) is 3.68. The molecule has 6 nitrogen and oxygen atoms in total. The summed E-state index contributed by atoms with van der Waals surface area (Å²) in [6.45, 7) is 8.18. The molecule has 4 N–H and O–H groups in total. The van der Waals surface area contributed by atoms with Gasteiger partial charge in [-0.2, -0.15) is 0 Å². The van der Waals surface area contributed by atoms with E-state index in [2.05, 4.69) is 27.5 Å². The van der Waals surface area contributed by atoms with Crippen molar-refractivity contribution < 1.29 is 4.79 Å². The molecule has 0 bridgehead atoms. The molecular formula is C18H26IN5OS. The molecule has 0 unspecified atom stereocenters. The Morgan fingerprint density at radius 2 is 2.08 bits per heavy atom. The monoisotopic (exact) mass is 487 g/mol. The van der Waals surface area contributed by atoms with Crippen LogP contribution in [0.2, 0.25) is 0 Å². The topological polar surface area (TPSA) is 92.4 Å². The van der Waals surface area contributed by atoms with Crippen molar-refractivity contribution in [2.75, 3.05) is 13.1 Å². The summed E-state index contributed by atoms with van der Waals surface area (Å²) in [7, 11) is 0. The minimum atomic E-state index is -0.426. The smallest absolute Gasteiger partial charge is 0.248 e. The summed E-state index contributed by atoms with van der Waals surface area (Å²) < 4.78 is 0. The van der Waals surface area contributed by atoms with Gasteiger partial charge in [0.2, 0.25) is 5.91 Å². The van der Waals surface area contributed by atoms with Crippen LogP contribution in [-0.4, -0.2) is 29.9 Å². The number of nitrogens with zero attached hydrogens (tertiary/aromatic N) is 2. The lowest BCUT2D eigenvalue weighted by atomic mass is 10.1. The number of carbonyl (C=O) groups excluding carboxylic acids is 1. The van der Waals surface area contributed by atoms with E-state index >= 15 is 0 Å². The van der Waals surface area contributed by atoms with E-state index in [4.69, 9.17) is 5.73 Å². The summed E-state index contributed by atoms with van der Waals surface area (Å²) in [4.78, 5) is 21.6. The van der Waals surface area contributed by atoms with Gasteiger partial charge in [0.05, 0.1) is 17.2 Å².